The van der Waals surface area contributed by atoms with Crippen molar-refractivity contribution in [3.05, 3.63) is 29.3 Å². The summed E-state index contributed by atoms with van der Waals surface area (Å²) in [5.74, 6) is -1.11. The van der Waals surface area contributed by atoms with Crippen LogP contribution >= 0.6 is 0 Å². The number of amides is 1. The third-order valence-corrected chi connectivity index (χ3v) is 2.30. The molecule has 5 nitrogen and oxygen atoms in total. The fourth-order valence-corrected chi connectivity index (χ4v) is 1.40. The van der Waals surface area contributed by atoms with Crippen LogP contribution in [0.1, 0.15) is 29.3 Å². The fraction of sp³-hybridized carbons (Fsp3) is 0.385. The Labute approximate surface area is 106 Å². The highest BCUT2D eigenvalue weighted by Crippen LogP contribution is 2.19. The molecular weight excluding hydrogens is 234 g/mol. The lowest BCUT2D eigenvalue weighted by Gasteiger charge is -2.09. The fourth-order valence-electron chi connectivity index (χ4n) is 1.40. The monoisotopic (exact) mass is 251 g/mol. The Bertz CT molecular complexity index is 443. The standard InChI is InChI=1S/C13H17NO4/c1-3-6-14-12(15)8-18-11-5-4-9(2)7-10(11)13(16)17/h4-5,7H,3,6,8H2,1-2H3,(H,14,15)(H,16,17). The van der Waals surface area contributed by atoms with E-state index in [2.05, 4.69) is 5.32 Å². The van der Waals surface area contributed by atoms with Crippen molar-refractivity contribution in [2.45, 2.75) is 20.3 Å². The average Bonchev–Trinajstić information content (AvgIpc) is 2.34. The van der Waals surface area contributed by atoms with E-state index in [0.717, 1.165) is 12.0 Å². The van der Waals surface area contributed by atoms with E-state index >= 15 is 0 Å². The lowest BCUT2D eigenvalue weighted by Crippen LogP contribution is -2.29. The molecule has 0 unspecified atom stereocenters. The summed E-state index contributed by atoms with van der Waals surface area (Å²) in [5, 5.41) is 11.7. The van der Waals surface area contributed by atoms with Crippen LogP contribution < -0.4 is 10.1 Å². The molecule has 0 aliphatic rings. The Balaban J connectivity index is 2.67. The minimum atomic E-state index is -1.07. The van der Waals surface area contributed by atoms with Crippen molar-refractivity contribution < 1.29 is 19.4 Å². The van der Waals surface area contributed by atoms with Crippen LogP contribution in [0.3, 0.4) is 0 Å². The van der Waals surface area contributed by atoms with E-state index in [0.29, 0.717) is 6.54 Å². The molecule has 98 valence electrons. The highest BCUT2D eigenvalue weighted by molar-refractivity contribution is 5.91. The number of aryl methyl sites for hydroxylation is 1. The van der Waals surface area contributed by atoms with Crippen LogP contribution in [0.15, 0.2) is 18.2 Å². The molecule has 1 aromatic rings. The normalized spacial score (nSPS) is 9.89. The predicted molar refractivity (Wildman–Crippen MR) is 66.9 cm³/mol. The summed E-state index contributed by atoms with van der Waals surface area (Å²) in [6.07, 6.45) is 0.844. The van der Waals surface area contributed by atoms with Gasteiger partial charge in [-0.2, -0.15) is 0 Å². The molecule has 0 aliphatic carbocycles. The van der Waals surface area contributed by atoms with Crippen LogP contribution in [0.4, 0.5) is 0 Å². The van der Waals surface area contributed by atoms with Crippen molar-refractivity contribution >= 4 is 11.9 Å². The molecule has 18 heavy (non-hydrogen) atoms. The van der Waals surface area contributed by atoms with Crippen LogP contribution in [0.5, 0.6) is 5.75 Å². The number of aromatic carboxylic acids is 1. The average molecular weight is 251 g/mol. The van der Waals surface area contributed by atoms with Gasteiger partial charge in [-0.15, -0.1) is 0 Å². The maximum Gasteiger partial charge on any atom is 0.339 e. The van der Waals surface area contributed by atoms with E-state index in [1.165, 1.54) is 6.07 Å². The molecule has 0 atom stereocenters. The minimum absolute atomic E-state index is 0.0679. The molecule has 0 bridgehead atoms. The zero-order valence-corrected chi connectivity index (χ0v) is 10.5. The predicted octanol–water partition coefficient (Wildman–Crippen LogP) is 1.60. The summed E-state index contributed by atoms with van der Waals surface area (Å²) in [4.78, 5) is 22.3. The van der Waals surface area contributed by atoms with Crippen molar-refractivity contribution in [1.82, 2.24) is 5.32 Å². The second-order valence-corrected chi connectivity index (χ2v) is 3.94. The topological polar surface area (TPSA) is 75.6 Å². The number of hydrogen-bond acceptors (Lipinski definition) is 3. The summed E-state index contributed by atoms with van der Waals surface area (Å²) in [7, 11) is 0. The van der Waals surface area contributed by atoms with Crippen LogP contribution in [-0.2, 0) is 4.79 Å². The number of hydrogen-bond donors (Lipinski definition) is 2. The van der Waals surface area contributed by atoms with Gasteiger partial charge in [-0.3, -0.25) is 4.79 Å². The zero-order chi connectivity index (χ0) is 13.5. The third-order valence-electron chi connectivity index (χ3n) is 2.30. The number of carboxylic acid groups (broad SMARTS) is 1. The Morgan fingerprint density at radius 2 is 2.11 bits per heavy atom. The van der Waals surface area contributed by atoms with Gasteiger partial charge in [0.2, 0.25) is 0 Å². The van der Waals surface area contributed by atoms with Crippen molar-refractivity contribution in [2.24, 2.45) is 0 Å². The molecule has 2 N–H and O–H groups in total. The number of carboxylic acids is 1. The van der Waals surface area contributed by atoms with Crippen molar-refractivity contribution in [3.8, 4) is 5.75 Å². The number of nitrogens with one attached hydrogen (secondary N) is 1. The molecule has 0 fully saturated rings. The first kappa shape index (κ1) is 14.0. The molecule has 0 saturated carbocycles. The summed E-state index contributed by atoms with van der Waals surface area (Å²) in [5.41, 5.74) is 0.897. The molecule has 1 aromatic carbocycles. The van der Waals surface area contributed by atoms with E-state index in [-0.39, 0.29) is 23.8 Å². The first-order valence-corrected chi connectivity index (χ1v) is 5.78. The number of ether oxygens (including phenoxy) is 1. The smallest absolute Gasteiger partial charge is 0.339 e. The van der Waals surface area contributed by atoms with E-state index in [9.17, 15) is 9.59 Å². The zero-order valence-electron chi connectivity index (χ0n) is 10.5. The molecule has 0 heterocycles. The second-order valence-electron chi connectivity index (χ2n) is 3.94. The molecular formula is C13H17NO4. The van der Waals surface area contributed by atoms with E-state index in [1.54, 1.807) is 19.1 Å². The van der Waals surface area contributed by atoms with Crippen LogP contribution in [0.25, 0.3) is 0 Å². The number of benzene rings is 1. The largest absolute Gasteiger partial charge is 0.483 e. The molecule has 0 radical (unpaired) electrons. The maximum absolute atomic E-state index is 11.3. The van der Waals surface area contributed by atoms with E-state index in [1.807, 2.05) is 6.92 Å². The summed E-state index contributed by atoms with van der Waals surface area (Å²) >= 11 is 0. The van der Waals surface area contributed by atoms with E-state index in [4.69, 9.17) is 9.84 Å². The summed E-state index contributed by atoms with van der Waals surface area (Å²) in [6.45, 7) is 4.15. The molecule has 1 rings (SSSR count). The quantitative estimate of drug-likeness (QED) is 0.805. The highest BCUT2D eigenvalue weighted by Gasteiger charge is 2.12. The Kier molecular flexibility index (Phi) is 5.17. The van der Waals surface area contributed by atoms with Crippen LogP contribution in [0, 0.1) is 6.92 Å². The number of rotatable bonds is 6. The number of carbonyl (C=O) groups is 2. The van der Waals surface area contributed by atoms with Crippen LogP contribution in [-0.4, -0.2) is 30.1 Å². The molecule has 0 spiro atoms. The van der Waals surface area contributed by atoms with Gasteiger partial charge in [0.05, 0.1) is 0 Å². The Hall–Kier alpha value is -2.04. The van der Waals surface area contributed by atoms with Crippen molar-refractivity contribution in [3.63, 3.8) is 0 Å². The van der Waals surface area contributed by atoms with Gasteiger partial charge in [-0.1, -0.05) is 18.6 Å². The molecule has 0 aromatic heterocycles. The Morgan fingerprint density at radius 3 is 2.72 bits per heavy atom. The molecule has 0 saturated heterocycles. The van der Waals surface area contributed by atoms with Crippen LogP contribution in [0.2, 0.25) is 0 Å². The van der Waals surface area contributed by atoms with Gasteiger partial charge >= 0.3 is 5.97 Å². The van der Waals surface area contributed by atoms with Gasteiger partial charge in [-0.05, 0) is 25.5 Å². The van der Waals surface area contributed by atoms with Crippen molar-refractivity contribution in [1.29, 1.82) is 0 Å². The summed E-state index contributed by atoms with van der Waals surface area (Å²) < 4.78 is 5.22. The lowest BCUT2D eigenvalue weighted by atomic mass is 10.1. The van der Waals surface area contributed by atoms with E-state index < -0.39 is 5.97 Å². The molecule has 0 aliphatic heterocycles. The van der Waals surface area contributed by atoms with Gasteiger partial charge in [0.1, 0.15) is 11.3 Å². The van der Waals surface area contributed by atoms with Gasteiger partial charge in [0.15, 0.2) is 6.61 Å². The van der Waals surface area contributed by atoms with Gasteiger partial charge in [0.25, 0.3) is 5.91 Å². The molecule has 1 amide bonds. The first-order valence-electron chi connectivity index (χ1n) is 5.78. The SMILES string of the molecule is CCCNC(=O)COc1ccc(C)cc1C(=O)O. The third kappa shape index (κ3) is 4.08. The van der Waals surface area contributed by atoms with Gasteiger partial charge in [0, 0.05) is 6.54 Å². The Morgan fingerprint density at radius 1 is 1.39 bits per heavy atom. The molecule has 5 heteroatoms. The van der Waals surface area contributed by atoms with Gasteiger partial charge < -0.3 is 15.2 Å². The minimum Gasteiger partial charge on any atom is -0.483 e. The lowest BCUT2D eigenvalue weighted by molar-refractivity contribution is -0.123. The first-order chi connectivity index (χ1) is 8.54. The van der Waals surface area contributed by atoms with Crippen molar-refractivity contribution in [2.75, 3.05) is 13.2 Å². The summed E-state index contributed by atoms with van der Waals surface area (Å²) in [6, 6.07) is 4.82. The number of carbonyl (C=O) groups excluding carboxylic acids is 1. The highest BCUT2D eigenvalue weighted by atomic mass is 16.5. The van der Waals surface area contributed by atoms with Gasteiger partial charge in [-0.25, -0.2) is 4.79 Å². The second kappa shape index (κ2) is 6.64. The maximum atomic E-state index is 11.3.